The number of benzene rings is 1. The van der Waals surface area contributed by atoms with Gasteiger partial charge in [0.15, 0.2) is 0 Å². The topological polar surface area (TPSA) is 12.0 Å². The van der Waals surface area contributed by atoms with Gasteiger partial charge in [-0.2, -0.15) is 0 Å². The minimum atomic E-state index is 0.589. The quantitative estimate of drug-likeness (QED) is 0.815. The van der Waals surface area contributed by atoms with Crippen molar-refractivity contribution in [2.45, 2.75) is 46.1 Å². The maximum Gasteiger partial charge on any atom is 0.0323 e. The monoisotopic (exact) mass is 217 g/mol. The van der Waals surface area contributed by atoms with Gasteiger partial charge in [0, 0.05) is 6.04 Å². The van der Waals surface area contributed by atoms with E-state index in [1.165, 1.54) is 24.8 Å². The van der Waals surface area contributed by atoms with E-state index in [-0.39, 0.29) is 0 Å². The Morgan fingerprint density at radius 1 is 1.38 bits per heavy atom. The molecule has 0 bridgehead atoms. The van der Waals surface area contributed by atoms with Crippen LogP contribution >= 0.6 is 0 Å². The zero-order valence-corrected chi connectivity index (χ0v) is 10.7. The highest BCUT2D eigenvalue weighted by Gasteiger charge is 2.19. The van der Waals surface area contributed by atoms with Crippen LogP contribution in [-0.4, -0.2) is 6.54 Å². The van der Waals surface area contributed by atoms with Crippen LogP contribution in [0.5, 0.6) is 0 Å². The largest absolute Gasteiger partial charge is 0.310 e. The molecule has 1 N–H and O–H groups in total. The van der Waals surface area contributed by atoms with Gasteiger partial charge in [-0.1, -0.05) is 37.6 Å². The highest BCUT2D eigenvalue weighted by atomic mass is 14.9. The lowest BCUT2D eigenvalue weighted by Gasteiger charge is -2.27. The maximum atomic E-state index is 3.70. The molecule has 1 nitrogen and oxygen atoms in total. The molecule has 0 aromatic heterocycles. The molecule has 0 spiro atoms. The van der Waals surface area contributed by atoms with Gasteiger partial charge in [0.1, 0.15) is 0 Å². The summed E-state index contributed by atoms with van der Waals surface area (Å²) in [4.78, 5) is 0. The molecule has 16 heavy (non-hydrogen) atoms. The van der Waals surface area contributed by atoms with Crippen LogP contribution in [0, 0.1) is 12.8 Å². The minimum absolute atomic E-state index is 0.589. The summed E-state index contributed by atoms with van der Waals surface area (Å²) in [6, 6.07) is 7.51. The fourth-order valence-electron chi connectivity index (χ4n) is 2.51. The van der Waals surface area contributed by atoms with Gasteiger partial charge in [0.05, 0.1) is 0 Å². The molecule has 1 unspecified atom stereocenters. The summed E-state index contributed by atoms with van der Waals surface area (Å²) in [5.74, 6) is 0.732. The van der Waals surface area contributed by atoms with Gasteiger partial charge in [-0.25, -0.2) is 0 Å². The van der Waals surface area contributed by atoms with Crippen LogP contribution in [0.2, 0.25) is 0 Å². The molecule has 0 fully saturated rings. The molecule has 0 saturated heterocycles. The third-order valence-electron chi connectivity index (χ3n) is 3.39. The second-order valence-electron chi connectivity index (χ2n) is 5.45. The molecule has 0 aliphatic heterocycles. The van der Waals surface area contributed by atoms with Crippen LogP contribution in [0.3, 0.4) is 0 Å². The first-order valence-corrected chi connectivity index (χ1v) is 6.49. The summed E-state index contributed by atoms with van der Waals surface area (Å²) in [7, 11) is 0. The Morgan fingerprint density at radius 3 is 2.94 bits per heavy atom. The average Bonchev–Trinajstić information content (AvgIpc) is 2.26. The van der Waals surface area contributed by atoms with Crippen LogP contribution in [0.15, 0.2) is 18.2 Å². The Labute approximate surface area is 99.3 Å². The van der Waals surface area contributed by atoms with Crippen molar-refractivity contribution >= 4 is 0 Å². The van der Waals surface area contributed by atoms with E-state index in [4.69, 9.17) is 0 Å². The molecule has 1 aromatic rings. The van der Waals surface area contributed by atoms with Crippen molar-refractivity contribution in [3.63, 3.8) is 0 Å². The van der Waals surface area contributed by atoms with E-state index >= 15 is 0 Å². The average molecular weight is 217 g/mol. The Balaban J connectivity index is 2.15. The summed E-state index contributed by atoms with van der Waals surface area (Å²) < 4.78 is 0. The molecule has 1 aromatic carbocycles. The molecule has 1 atom stereocenters. The predicted octanol–water partition coefficient (Wildman–Crippen LogP) is 3.62. The van der Waals surface area contributed by atoms with Gasteiger partial charge < -0.3 is 5.32 Å². The highest BCUT2D eigenvalue weighted by Crippen LogP contribution is 2.30. The lowest BCUT2D eigenvalue weighted by atomic mass is 9.86. The summed E-state index contributed by atoms with van der Waals surface area (Å²) in [5.41, 5.74) is 4.49. The molecule has 0 heterocycles. The van der Waals surface area contributed by atoms with Gasteiger partial charge in [0.2, 0.25) is 0 Å². The molecule has 0 amide bonds. The van der Waals surface area contributed by atoms with Crippen molar-refractivity contribution in [2.24, 2.45) is 5.92 Å². The minimum Gasteiger partial charge on any atom is -0.310 e. The molecule has 88 valence electrons. The number of nitrogens with one attached hydrogen (secondary N) is 1. The Hall–Kier alpha value is -0.820. The number of hydrogen-bond donors (Lipinski definition) is 1. The van der Waals surface area contributed by atoms with Gasteiger partial charge in [-0.3, -0.25) is 0 Å². The number of aryl methyl sites for hydroxylation is 2. The van der Waals surface area contributed by atoms with Crippen molar-refractivity contribution in [1.82, 2.24) is 5.32 Å². The Bertz CT molecular complexity index is 354. The zero-order valence-electron chi connectivity index (χ0n) is 10.7. The van der Waals surface area contributed by atoms with Crippen molar-refractivity contribution in [3.8, 4) is 0 Å². The second kappa shape index (κ2) is 5.01. The van der Waals surface area contributed by atoms with Crippen molar-refractivity contribution < 1.29 is 0 Å². The number of rotatable bonds is 3. The standard InChI is InChI=1S/C15H23N/c1-11(2)10-16-15-6-4-5-13-8-7-12(3)9-14(13)15/h7-9,11,15-16H,4-6,10H2,1-3H3. The van der Waals surface area contributed by atoms with Crippen LogP contribution < -0.4 is 5.32 Å². The van der Waals surface area contributed by atoms with E-state index in [0.29, 0.717) is 6.04 Å². The molecule has 1 aliphatic carbocycles. The fourth-order valence-corrected chi connectivity index (χ4v) is 2.51. The molecule has 1 heteroatoms. The number of hydrogen-bond acceptors (Lipinski definition) is 1. The zero-order chi connectivity index (χ0) is 11.5. The smallest absolute Gasteiger partial charge is 0.0323 e. The van der Waals surface area contributed by atoms with Crippen molar-refractivity contribution in [1.29, 1.82) is 0 Å². The summed E-state index contributed by atoms with van der Waals surface area (Å²) in [5, 5.41) is 3.70. The van der Waals surface area contributed by atoms with Crippen molar-refractivity contribution in [2.75, 3.05) is 6.54 Å². The SMILES string of the molecule is Cc1ccc2c(c1)C(NCC(C)C)CCC2. The van der Waals surface area contributed by atoms with Gasteiger partial charge in [-0.15, -0.1) is 0 Å². The van der Waals surface area contributed by atoms with Crippen molar-refractivity contribution in [3.05, 3.63) is 34.9 Å². The third-order valence-corrected chi connectivity index (χ3v) is 3.39. The van der Waals surface area contributed by atoms with E-state index in [2.05, 4.69) is 44.3 Å². The normalized spacial score (nSPS) is 19.9. The van der Waals surface area contributed by atoms with Gasteiger partial charge >= 0.3 is 0 Å². The second-order valence-corrected chi connectivity index (χ2v) is 5.45. The summed E-state index contributed by atoms with van der Waals surface area (Å²) in [6.07, 6.45) is 3.88. The number of fused-ring (bicyclic) bond motifs is 1. The maximum absolute atomic E-state index is 3.70. The molecular formula is C15H23N. The van der Waals surface area contributed by atoms with E-state index in [1.54, 1.807) is 11.1 Å². The highest BCUT2D eigenvalue weighted by molar-refractivity contribution is 5.35. The molecule has 2 rings (SSSR count). The first kappa shape index (κ1) is 11.7. The molecule has 1 aliphatic rings. The van der Waals surface area contributed by atoms with E-state index < -0.39 is 0 Å². The lowest BCUT2D eigenvalue weighted by Crippen LogP contribution is -2.28. The summed E-state index contributed by atoms with van der Waals surface area (Å²) in [6.45, 7) is 7.85. The van der Waals surface area contributed by atoms with Gasteiger partial charge in [0.25, 0.3) is 0 Å². The molecule has 0 radical (unpaired) electrons. The van der Waals surface area contributed by atoms with E-state index in [1.807, 2.05) is 0 Å². The lowest BCUT2D eigenvalue weighted by molar-refractivity contribution is 0.426. The fraction of sp³-hybridized carbons (Fsp3) is 0.600. The first-order valence-electron chi connectivity index (χ1n) is 6.49. The Kier molecular flexibility index (Phi) is 3.65. The third kappa shape index (κ3) is 2.65. The first-order chi connectivity index (χ1) is 7.66. The molecular weight excluding hydrogens is 194 g/mol. The van der Waals surface area contributed by atoms with Crippen LogP contribution in [-0.2, 0) is 6.42 Å². The Morgan fingerprint density at radius 2 is 2.19 bits per heavy atom. The van der Waals surface area contributed by atoms with Crippen LogP contribution in [0.25, 0.3) is 0 Å². The van der Waals surface area contributed by atoms with Gasteiger partial charge in [-0.05, 0) is 49.8 Å². The van der Waals surface area contributed by atoms with E-state index in [9.17, 15) is 0 Å². The van der Waals surface area contributed by atoms with Crippen LogP contribution in [0.4, 0.5) is 0 Å². The molecule has 0 saturated carbocycles. The van der Waals surface area contributed by atoms with Crippen LogP contribution in [0.1, 0.15) is 49.4 Å². The summed E-state index contributed by atoms with van der Waals surface area (Å²) >= 11 is 0. The predicted molar refractivity (Wildman–Crippen MR) is 69.7 cm³/mol. The van der Waals surface area contributed by atoms with E-state index in [0.717, 1.165) is 12.5 Å².